The molecule has 0 aliphatic heterocycles. The molecule has 2 aliphatic carbocycles. The number of aliphatic hydroxyl groups is 2. The Labute approximate surface area is 135 Å². The summed E-state index contributed by atoms with van der Waals surface area (Å²) in [5, 5.41) is 22.5. The number of rotatable bonds is 0. The molecule has 4 rings (SSSR count). The van der Waals surface area contributed by atoms with Crippen molar-refractivity contribution in [3.8, 4) is 0 Å². The van der Waals surface area contributed by atoms with E-state index in [4.69, 9.17) is 0 Å². The highest BCUT2D eigenvalue weighted by molar-refractivity contribution is 5.60. The molecule has 0 spiro atoms. The summed E-state index contributed by atoms with van der Waals surface area (Å²) < 4.78 is 13.8. The predicted molar refractivity (Wildman–Crippen MR) is 86.8 cm³/mol. The average Bonchev–Trinajstić information content (AvgIpc) is 2.52. The van der Waals surface area contributed by atoms with E-state index in [0.29, 0.717) is 11.1 Å². The van der Waals surface area contributed by atoms with Crippen LogP contribution in [-0.2, 0) is 24.0 Å². The molecule has 0 radical (unpaired) electrons. The topological polar surface area (TPSA) is 40.5 Å². The maximum absolute atomic E-state index is 13.8. The van der Waals surface area contributed by atoms with Gasteiger partial charge in [-0.1, -0.05) is 18.2 Å². The molecule has 3 heteroatoms. The summed E-state index contributed by atoms with van der Waals surface area (Å²) in [6, 6.07) is 8.29. The largest absolute Gasteiger partial charge is 0.381 e. The van der Waals surface area contributed by atoms with Crippen molar-refractivity contribution < 1.29 is 14.6 Å². The summed E-state index contributed by atoms with van der Waals surface area (Å²) in [6.45, 7) is 3.45. The van der Waals surface area contributed by atoms with Gasteiger partial charge in [0.05, 0.1) is 0 Å². The Balaban J connectivity index is 2.08. The Morgan fingerprint density at radius 2 is 1.57 bits per heavy atom. The molecule has 0 unspecified atom stereocenters. The minimum Gasteiger partial charge on any atom is -0.381 e. The van der Waals surface area contributed by atoms with Gasteiger partial charge in [0, 0.05) is 0 Å². The molecule has 2 aromatic rings. The lowest BCUT2D eigenvalue weighted by molar-refractivity contribution is 0.0496. The van der Waals surface area contributed by atoms with Crippen molar-refractivity contribution in [2.75, 3.05) is 0 Å². The van der Waals surface area contributed by atoms with Crippen LogP contribution in [0.25, 0.3) is 0 Å². The van der Waals surface area contributed by atoms with Gasteiger partial charge in [0.2, 0.25) is 0 Å². The molecule has 2 aliphatic rings. The molecule has 0 bridgehead atoms. The number of aryl methyl sites for hydroxylation is 1. The van der Waals surface area contributed by atoms with Gasteiger partial charge < -0.3 is 10.2 Å². The van der Waals surface area contributed by atoms with Gasteiger partial charge in [-0.25, -0.2) is 4.39 Å². The highest BCUT2D eigenvalue weighted by Crippen LogP contribution is 2.50. The number of halogens is 1. The van der Waals surface area contributed by atoms with Crippen molar-refractivity contribution >= 4 is 0 Å². The van der Waals surface area contributed by atoms with Gasteiger partial charge in [0.1, 0.15) is 17.0 Å². The highest BCUT2D eigenvalue weighted by Gasteiger charge is 2.46. The van der Waals surface area contributed by atoms with Crippen LogP contribution in [0.15, 0.2) is 30.3 Å². The van der Waals surface area contributed by atoms with Crippen molar-refractivity contribution in [2.24, 2.45) is 0 Å². The molecule has 2 nitrogen and oxygen atoms in total. The third kappa shape index (κ3) is 1.93. The molecular weight excluding hydrogens is 291 g/mol. The molecule has 2 atom stereocenters. The predicted octanol–water partition coefficient (Wildman–Crippen LogP) is 3.53. The number of fused-ring (bicyclic) bond motifs is 4. The zero-order valence-corrected chi connectivity index (χ0v) is 13.5. The van der Waals surface area contributed by atoms with Crippen LogP contribution in [0.5, 0.6) is 0 Å². The van der Waals surface area contributed by atoms with Crippen LogP contribution in [0, 0.1) is 5.82 Å². The molecule has 0 fully saturated rings. The first-order chi connectivity index (χ1) is 10.8. The molecule has 0 saturated heterocycles. The maximum atomic E-state index is 13.8. The maximum Gasteiger partial charge on any atom is 0.123 e. The van der Waals surface area contributed by atoms with Crippen molar-refractivity contribution in [3.63, 3.8) is 0 Å². The van der Waals surface area contributed by atoms with Crippen LogP contribution in [0.2, 0.25) is 0 Å². The quantitative estimate of drug-likeness (QED) is 0.781. The van der Waals surface area contributed by atoms with Gasteiger partial charge in [-0.05, 0) is 85.0 Å². The first-order valence-electron chi connectivity index (χ1n) is 8.24. The zero-order valence-electron chi connectivity index (χ0n) is 13.5. The Morgan fingerprint density at radius 3 is 2.35 bits per heavy atom. The van der Waals surface area contributed by atoms with Crippen molar-refractivity contribution in [1.29, 1.82) is 0 Å². The van der Waals surface area contributed by atoms with Gasteiger partial charge in [-0.3, -0.25) is 0 Å². The monoisotopic (exact) mass is 312 g/mol. The Bertz CT molecular complexity index is 806. The van der Waals surface area contributed by atoms with Crippen molar-refractivity contribution in [2.45, 2.75) is 50.7 Å². The molecule has 0 heterocycles. The summed E-state index contributed by atoms with van der Waals surface area (Å²) in [5.74, 6) is -0.395. The smallest absolute Gasteiger partial charge is 0.123 e. The Morgan fingerprint density at radius 1 is 0.870 bits per heavy atom. The van der Waals surface area contributed by atoms with E-state index in [2.05, 4.69) is 6.07 Å². The second-order valence-electron chi connectivity index (χ2n) is 7.17. The molecular formula is C20H21FO2. The molecule has 2 aromatic carbocycles. The van der Waals surface area contributed by atoms with Gasteiger partial charge >= 0.3 is 0 Å². The number of hydrogen-bond acceptors (Lipinski definition) is 2. The third-order valence-corrected chi connectivity index (χ3v) is 5.57. The fourth-order valence-electron chi connectivity index (χ4n) is 4.41. The third-order valence-electron chi connectivity index (χ3n) is 5.57. The van der Waals surface area contributed by atoms with Crippen LogP contribution in [-0.4, -0.2) is 10.2 Å². The van der Waals surface area contributed by atoms with Crippen LogP contribution in [0.4, 0.5) is 4.39 Å². The van der Waals surface area contributed by atoms with E-state index in [9.17, 15) is 14.6 Å². The van der Waals surface area contributed by atoms with E-state index < -0.39 is 17.0 Å². The van der Waals surface area contributed by atoms with Gasteiger partial charge in [-0.2, -0.15) is 0 Å². The summed E-state index contributed by atoms with van der Waals surface area (Å²) >= 11 is 0. The van der Waals surface area contributed by atoms with Crippen molar-refractivity contribution in [1.82, 2.24) is 0 Å². The van der Waals surface area contributed by atoms with Crippen LogP contribution in [0.1, 0.15) is 60.1 Å². The van der Waals surface area contributed by atoms with Crippen molar-refractivity contribution in [3.05, 3.63) is 69.5 Å². The zero-order chi connectivity index (χ0) is 16.4. The second-order valence-corrected chi connectivity index (χ2v) is 7.17. The minimum atomic E-state index is -1.29. The molecule has 120 valence electrons. The summed E-state index contributed by atoms with van der Waals surface area (Å²) in [7, 11) is 0. The SMILES string of the molecule is C[C@@]1(O)c2ccc(F)cc2[C@](C)(O)c2c1ccc1c2CCCC1. The normalized spacial score (nSPS) is 28.7. The van der Waals surface area contributed by atoms with Gasteiger partial charge in [0.15, 0.2) is 0 Å². The van der Waals surface area contributed by atoms with E-state index >= 15 is 0 Å². The molecule has 0 saturated carbocycles. The molecule has 0 amide bonds. The Hall–Kier alpha value is -1.71. The average molecular weight is 312 g/mol. The number of benzene rings is 2. The summed E-state index contributed by atoms with van der Waals surface area (Å²) in [6.07, 6.45) is 4.12. The molecule has 23 heavy (non-hydrogen) atoms. The minimum absolute atomic E-state index is 0.395. The fraction of sp³-hybridized carbons (Fsp3) is 0.400. The first-order valence-corrected chi connectivity index (χ1v) is 8.24. The highest BCUT2D eigenvalue weighted by atomic mass is 19.1. The van der Waals surface area contributed by atoms with Crippen LogP contribution >= 0.6 is 0 Å². The van der Waals surface area contributed by atoms with E-state index in [1.54, 1.807) is 19.9 Å². The Kier molecular flexibility index (Phi) is 3.00. The van der Waals surface area contributed by atoms with E-state index in [0.717, 1.165) is 42.4 Å². The standard InChI is InChI=1S/C20H21FO2/c1-19(22)15-10-8-13(21)11-17(15)20(2,23)18-14-6-4-3-5-12(14)7-9-16(18)19/h7-11,22-23H,3-6H2,1-2H3/t19-,20+/m1/s1. The lowest BCUT2D eigenvalue weighted by Crippen LogP contribution is -2.41. The van der Waals surface area contributed by atoms with E-state index in [1.165, 1.54) is 17.7 Å². The van der Waals surface area contributed by atoms with Gasteiger partial charge in [0.25, 0.3) is 0 Å². The van der Waals surface area contributed by atoms with Gasteiger partial charge in [-0.15, -0.1) is 0 Å². The van der Waals surface area contributed by atoms with E-state index in [-0.39, 0.29) is 0 Å². The molecule has 0 aromatic heterocycles. The first kappa shape index (κ1) is 14.9. The molecule has 2 N–H and O–H groups in total. The lowest BCUT2D eigenvalue weighted by Gasteiger charge is -2.43. The second kappa shape index (κ2) is 4.65. The number of hydrogen-bond donors (Lipinski definition) is 2. The fourth-order valence-corrected chi connectivity index (χ4v) is 4.41. The van der Waals surface area contributed by atoms with Crippen LogP contribution < -0.4 is 0 Å². The van der Waals surface area contributed by atoms with Crippen LogP contribution in [0.3, 0.4) is 0 Å². The summed E-state index contributed by atoms with van der Waals surface area (Å²) in [4.78, 5) is 0. The summed E-state index contributed by atoms with van der Waals surface area (Å²) in [5.41, 5.74) is 2.41. The lowest BCUT2D eigenvalue weighted by atomic mass is 9.66. The van der Waals surface area contributed by atoms with E-state index in [1.807, 2.05) is 6.07 Å².